The topological polar surface area (TPSA) is 32.3 Å². The minimum Gasteiger partial charge on any atom is -0.389 e. The molecule has 0 radical (unpaired) electrons. The van der Waals surface area contributed by atoms with E-state index >= 15 is 0 Å². The van der Waals surface area contributed by atoms with Crippen LogP contribution in [0.3, 0.4) is 0 Å². The number of aliphatic hydroxyl groups excluding tert-OH is 1. The van der Waals surface area contributed by atoms with Crippen LogP contribution in [0.1, 0.15) is 44.3 Å². The molecule has 1 aliphatic carbocycles. The molecule has 1 aliphatic rings. The summed E-state index contributed by atoms with van der Waals surface area (Å²) < 4.78 is 0. The van der Waals surface area contributed by atoms with E-state index < -0.39 is 6.10 Å². The molecule has 0 aliphatic heterocycles. The Morgan fingerprint density at radius 2 is 1.93 bits per heavy atom. The van der Waals surface area contributed by atoms with Crippen molar-refractivity contribution in [3.63, 3.8) is 0 Å². The van der Waals surface area contributed by atoms with Crippen molar-refractivity contribution < 1.29 is 5.11 Å². The second kappa shape index (κ2) is 4.67. The molecule has 0 spiro atoms. The van der Waals surface area contributed by atoms with E-state index in [9.17, 15) is 5.11 Å². The molecule has 0 saturated heterocycles. The van der Waals surface area contributed by atoms with Crippen molar-refractivity contribution in [1.29, 1.82) is 0 Å². The third-order valence-corrected chi connectivity index (χ3v) is 3.13. The van der Waals surface area contributed by atoms with Gasteiger partial charge in [0.25, 0.3) is 0 Å². The molecule has 1 saturated carbocycles. The van der Waals surface area contributed by atoms with Crippen LogP contribution in [0.15, 0.2) is 24.3 Å². The Morgan fingerprint density at radius 1 is 1.27 bits per heavy atom. The number of hydrogen-bond acceptors (Lipinski definition) is 2. The third kappa shape index (κ3) is 2.51. The Hall–Kier alpha value is -1.02. The first-order valence-corrected chi connectivity index (χ1v) is 5.81. The van der Waals surface area contributed by atoms with Crippen molar-refractivity contribution in [3.8, 4) is 0 Å². The Balaban J connectivity index is 2.12. The standard InChI is InChI=1S/C13H19NO/c1-10(15)12-8-4-5-9-13(12)14-11-6-2-3-7-11/h4-5,8-11,14-15H,2-3,6-7H2,1H3. The Bertz CT molecular complexity index is 316. The fraction of sp³-hybridized carbons (Fsp3) is 0.538. The summed E-state index contributed by atoms with van der Waals surface area (Å²) in [6, 6.07) is 8.64. The van der Waals surface area contributed by atoms with E-state index in [1.54, 1.807) is 0 Å². The van der Waals surface area contributed by atoms with Gasteiger partial charge in [0.2, 0.25) is 0 Å². The van der Waals surface area contributed by atoms with Crippen molar-refractivity contribution in [2.24, 2.45) is 0 Å². The maximum Gasteiger partial charge on any atom is 0.0781 e. The number of nitrogens with one attached hydrogen (secondary N) is 1. The summed E-state index contributed by atoms with van der Waals surface area (Å²) in [5.74, 6) is 0. The molecule has 0 bridgehead atoms. The molecule has 15 heavy (non-hydrogen) atoms. The normalized spacial score (nSPS) is 19.1. The van der Waals surface area contributed by atoms with Gasteiger partial charge in [-0.25, -0.2) is 0 Å². The Morgan fingerprint density at radius 3 is 2.60 bits per heavy atom. The first-order valence-electron chi connectivity index (χ1n) is 5.81. The number of aliphatic hydroxyl groups is 1. The van der Waals surface area contributed by atoms with Crippen LogP contribution in [0.5, 0.6) is 0 Å². The Labute approximate surface area is 91.3 Å². The summed E-state index contributed by atoms with van der Waals surface area (Å²) in [7, 11) is 0. The second-order valence-electron chi connectivity index (χ2n) is 4.39. The number of anilines is 1. The summed E-state index contributed by atoms with van der Waals surface area (Å²) in [5, 5.41) is 13.2. The van der Waals surface area contributed by atoms with Gasteiger partial charge >= 0.3 is 0 Å². The van der Waals surface area contributed by atoms with Gasteiger partial charge in [0.05, 0.1) is 6.10 Å². The van der Waals surface area contributed by atoms with Crippen LogP contribution >= 0.6 is 0 Å². The van der Waals surface area contributed by atoms with Gasteiger partial charge in [-0.3, -0.25) is 0 Å². The molecular formula is C13H19NO. The van der Waals surface area contributed by atoms with Crippen molar-refractivity contribution in [2.45, 2.75) is 44.8 Å². The maximum atomic E-state index is 9.64. The highest BCUT2D eigenvalue weighted by Crippen LogP contribution is 2.27. The molecule has 2 N–H and O–H groups in total. The first kappa shape index (κ1) is 10.5. The Kier molecular flexibility index (Phi) is 3.27. The van der Waals surface area contributed by atoms with Crippen molar-refractivity contribution in [3.05, 3.63) is 29.8 Å². The minimum absolute atomic E-state index is 0.393. The van der Waals surface area contributed by atoms with Crippen LogP contribution in [0.2, 0.25) is 0 Å². The van der Waals surface area contributed by atoms with Gasteiger partial charge in [0.1, 0.15) is 0 Å². The smallest absolute Gasteiger partial charge is 0.0781 e. The van der Waals surface area contributed by atoms with Gasteiger partial charge < -0.3 is 10.4 Å². The van der Waals surface area contributed by atoms with Gasteiger partial charge in [0, 0.05) is 17.3 Å². The predicted octanol–water partition coefficient (Wildman–Crippen LogP) is 3.09. The molecule has 1 aromatic carbocycles. The van der Waals surface area contributed by atoms with E-state index in [4.69, 9.17) is 0 Å². The van der Waals surface area contributed by atoms with Crippen LogP contribution in [0, 0.1) is 0 Å². The zero-order valence-corrected chi connectivity index (χ0v) is 9.24. The molecule has 2 nitrogen and oxygen atoms in total. The monoisotopic (exact) mass is 205 g/mol. The van der Waals surface area contributed by atoms with Gasteiger partial charge in [0.15, 0.2) is 0 Å². The van der Waals surface area contributed by atoms with Crippen LogP contribution in [-0.4, -0.2) is 11.1 Å². The van der Waals surface area contributed by atoms with Gasteiger partial charge in [-0.1, -0.05) is 31.0 Å². The van der Waals surface area contributed by atoms with Crippen molar-refractivity contribution in [2.75, 3.05) is 5.32 Å². The van der Waals surface area contributed by atoms with E-state index in [2.05, 4.69) is 11.4 Å². The van der Waals surface area contributed by atoms with Crippen LogP contribution in [-0.2, 0) is 0 Å². The van der Waals surface area contributed by atoms with Crippen LogP contribution < -0.4 is 5.32 Å². The lowest BCUT2D eigenvalue weighted by molar-refractivity contribution is 0.200. The number of hydrogen-bond donors (Lipinski definition) is 2. The minimum atomic E-state index is -0.393. The molecule has 0 aromatic heterocycles. The fourth-order valence-electron chi connectivity index (χ4n) is 2.28. The SMILES string of the molecule is CC(O)c1ccccc1NC1CCCC1. The lowest BCUT2D eigenvalue weighted by atomic mass is 10.1. The predicted molar refractivity (Wildman–Crippen MR) is 63.0 cm³/mol. The van der Waals surface area contributed by atoms with E-state index in [-0.39, 0.29) is 0 Å². The molecule has 1 unspecified atom stereocenters. The lowest BCUT2D eigenvalue weighted by Crippen LogP contribution is -2.16. The molecule has 2 rings (SSSR count). The number of rotatable bonds is 3. The average Bonchev–Trinajstić information content (AvgIpc) is 2.71. The van der Waals surface area contributed by atoms with Gasteiger partial charge in [-0.15, -0.1) is 0 Å². The van der Waals surface area contributed by atoms with E-state index in [0.717, 1.165) is 11.3 Å². The highest BCUT2D eigenvalue weighted by atomic mass is 16.3. The number of benzene rings is 1. The molecule has 1 atom stereocenters. The highest BCUT2D eigenvalue weighted by molar-refractivity contribution is 5.52. The van der Waals surface area contributed by atoms with Gasteiger partial charge in [-0.05, 0) is 25.8 Å². The molecule has 0 heterocycles. The average molecular weight is 205 g/mol. The molecule has 0 amide bonds. The summed E-state index contributed by atoms with van der Waals surface area (Å²) in [5.41, 5.74) is 2.10. The van der Waals surface area contributed by atoms with E-state index in [1.165, 1.54) is 25.7 Å². The van der Waals surface area contributed by atoms with E-state index in [0.29, 0.717) is 6.04 Å². The maximum absolute atomic E-state index is 9.64. The van der Waals surface area contributed by atoms with Crippen LogP contribution in [0.25, 0.3) is 0 Å². The van der Waals surface area contributed by atoms with Crippen LogP contribution in [0.4, 0.5) is 5.69 Å². The summed E-state index contributed by atoms with van der Waals surface area (Å²) in [6.45, 7) is 1.81. The summed E-state index contributed by atoms with van der Waals surface area (Å²) in [6.07, 6.45) is 4.78. The third-order valence-electron chi connectivity index (χ3n) is 3.13. The highest BCUT2D eigenvalue weighted by Gasteiger charge is 2.16. The number of para-hydroxylation sites is 1. The zero-order valence-electron chi connectivity index (χ0n) is 9.24. The van der Waals surface area contributed by atoms with Crippen molar-refractivity contribution in [1.82, 2.24) is 0 Å². The zero-order chi connectivity index (χ0) is 10.7. The van der Waals surface area contributed by atoms with Gasteiger partial charge in [-0.2, -0.15) is 0 Å². The second-order valence-corrected chi connectivity index (χ2v) is 4.39. The molecule has 2 heteroatoms. The summed E-state index contributed by atoms with van der Waals surface area (Å²) >= 11 is 0. The molecule has 1 fully saturated rings. The molecule has 82 valence electrons. The fourth-order valence-corrected chi connectivity index (χ4v) is 2.28. The lowest BCUT2D eigenvalue weighted by Gasteiger charge is -2.18. The van der Waals surface area contributed by atoms with Crippen molar-refractivity contribution >= 4 is 5.69 Å². The first-order chi connectivity index (χ1) is 7.27. The molecular weight excluding hydrogens is 186 g/mol. The van der Waals surface area contributed by atoms with E-state index in [1.807, 2.05) is 25.1 Å². The molecule has 1 aromatic rings. The quantitative estimate of drug-likeness (QED) is 0.794. The summed E-state index contributed by atoms with van der Waals surface area (Å²) in [4.78, 5) is 0. The largest absolute Gasteiger partial charge is 0.389 e.